The van der Waals surface area contributed by atoms with E-state index in [2.05, 4.69) is 4.99 Å². The smallest absolute Gasteiger partial charge is 0.286 e. The molecule has 4 rings (SSSR count). The molecule has 0 saturated carbocycles. The minimum absolute atomic E-state index is 0.0880. The maximum atomic E-state index is 12.6. The van der Waals surface area contributed by atoms with Gasteiger partial charge in [-0.15, -0.1) is 0 Å². The first-order valence-corrected chi connectivity index (χ1v) is 9.17. The monoisotopic (exact) mass is 384 g/mol. The van der Waals surface area contributed by atoms with Crippen LogP contribution in [0.15, 0.2) is 62.9 Å². The van der Waals surface area contributed by atoms with Gasteiger partial charge in [-0.25, -0.2) is 0 Å². The van der Waals surface area contributed by atoms with Crippen molar-refractivity contribution < 1.29 is 9.21 Å². The van der Waals surface area contributed by atoms with E-state index in [0.29, 0.717) is 27.3 Å². The molecular formula is C19H13ClN2O3S. The van der Waals surface area contributed by atoms with E-state index in [1.807, 2.05) is 23.6 Å². The number of aryl methyl sites for hydroxylation is 1. The van der Waals surface area contributed by atoms with Crippen molar-refractivity contribution in [2.24, 2.45) is 4.99 Å². The average Bonchev–Trinajstić information content (AvgIpc) is 3.00. The van der Waals surface area contributed by atoms with Crippen LogP contribution in [0.25, 0.3) is 21.2 Å². The largest absolute Gasteiger partial charge is 0.463 e. The molecule has 0 unspecified atom stereocenters. The van der Waals surface area contributed by atoms with Crippen LogP contribution >= 0.6 is 22.9 Å². The number of aromatic nitrogens is 1. The van der Waals surface area contributed by atoms with Gasteiger partial charge in [0.1, 0.15) is 17.4 Å². The SMILES string of the molecule is CCn1c(=NC(=O)c2coc3ccccc3c2=O)sc2cccc(Cl)c21. The van der Waals surface area contributed by atoms with Crippen molar-refractivity contribution in [3.05, 3.63) is 74.3 Å². The molecule has 1 amide bonds. The molecule has 0 aliphatic carbocycles. The highest BCUT2D eigenvalue weighted by molar-refractivity contribution is 7.16. The molecule has 0 aliphatic heterocycles. The van der Waals surface area contributed by atoms with Gasteiger partial charge in [0.25, 0.3) is 5.91 Å². The summed E-state index contributed by atoms with van der Waals surface area (Å²) in [5.41, 5.74) is 0.794. The fourth-order valence-corrected chi connectivity index (χ4v) is 4.29. The highest BCUT2D eigenvalue weighted by Crippen LogP contribution is 2.25. The molecule has 26 heavy (non-hydrogen) atoms. The molecule has 0 N–H and O–H groups in total. The van der Waals surface area contributed by atoms with Crippen molar-refractivity contribution in [2.45, 2.75) is 13.5 Å². The van der Waals surface area contributed by atoms with E-state index in [-0.39, 0.29) is 11.0 Å². The molecule has 5 nitrogen and oxygen atoms in total. The lowest BCUT2D eigenvalue weighted by Gasteiger charge is -2.02. The van der Waals surface area contributed by atoms with Crippen LogP contribution < -0.4 is 10.2 Å². The third-order valence-corrected chi connectivity index (χ3v) is 5.42. The summed E-state index contributed by atoms with van der Waals surface area (Å²) in [7, 11) is 0. The molecule has 0 atom stereocenters. The third-order valence-electron chi connectivity index (χ3n) is 4.08. The summed E-state index contributed by atoms with van der Waals surface area (Å²) in [4.78, 5) is 29.9. The topological polar surface area (TPSA) is 64.6 Å². The first-order valence-electron chi connectivity index (χ1n) is 7.97. The number of amides is 1. The number of nitrogens with zero attached hydrogens (tertiary/aromatic N) is 2. The Hall–Kier alpha value is -2.70. The molecule has 2 aromatic carbocycles. The van der Waals surface area contributed by atoms with E-state index in [9.17, 15) is 9.59 Å². The van der Waals surface area contributed by atoms with Gasteiger partial charge in [-0.2, -0.15) is 4.99 Å². The van der Waals surface area contributed by atoms with Crippen LogP contribution in [0.3, 0.4) is 0 Å². The highest BCUT2D eigenvalue weighted by Gasteiger charge is 2.15. The summed E-state index contributed by atoms with van der Waals surface area (Å²) in [6.45, 7) is 2.55. The molecule has 0 saturated heterocycles. The molecule has 0 radical (unpaired) electrons. The predicted octanol–water partition coefficient (Wildman–Crippen LogP) is 4.22. The van der Waals surface area contributed by atoms with Crippen LogP contribution in [-0.4, -0.2) is 10.5 Å². The van der Waals surface area contributed by atoms with Crippen LogP contribution in [0.2, 0.25) is 5.02 Å². The van der Waals surface area contributed by atoms with Crippen LogP contribution in [0, 0.1) is 0 Å². The molecule has 0 bridgehead atoms. The Balaban J connectivity index is 1.91. The second kappa shape index (κ2) is 6.55. The number of benzene rings is 2. The van der Waals surface area contributed by atoms with Gasteiger partial charge in [0.15, 0.2) is 4.80 Å². The van der Waals surface area contributed by atoms with Crippen molar-refractivity contribution in [1.29, 1.82) is 0 Å². The van der Waals surface area contributed by atoms with Crippen LogP contribution in [0.5, 0.6) is 0 Å². The number of hydrogen-bond acceptors (Lipinski definition) is 4. The summed E-state index contributed by atoms with van der Waals surface area (Å²) in [5.74, 6) is -0.630. The Kier molecular flexibility index (Phi) is 4.22. The Morgan fingerprint density at radius 2 is 2.04 bits per heavy atom. The Bertz CT molecular complexity index is 1280. The van der Waals surface area contributed by atoms with Crippen LogP contribution in [0.4, 0.5) is 0 Å². The Morgan fingerprint density at radius 3 is 2.85 bits per heavy atom. The number of thiazole rings is 1. The molecule has 0 fully saturated rings. The number of carbonyl (C=O) groups excluding carboxylic acids is 1. The molecule has 2 aromatic heterocycles. The first-order chi connectivity index (χ1) is 12.6. The minimum Gasteiger partial charge on any atom is -0.463 e. The van der Waals surface area contributed by atoms with Crippen molar-refractivity contribution in [2.75, 3.05) is 0 Å². The minimum atomic E-state index is -0.630. The lowest BCUT2D eigenvalue weighted by atomic mass is 10.2. The normalized spacial score (nSPS) is 12.2. The van der Waals surface area contributed by atoms with E-state index in [4.69, 9.17) is 16.0 Å². The second-order valence-electron chi connectivity index (χ2n) is 5.61. The first kappa shape index (κ1) is 16.8. The number of hydrogen-bond donors (Lipinski definition) is 0. The summed E-state index contributed by atoms with van der Waals surface area (Å²) in [5, 5.41) is 0.955. The van der Waals surface area contributed by atoms with Crippen molar-refractivity contribution >= 4 is 50.0 Å². The summed E-state index contributed by atoms with van der Waals surface area (Å²) >= 11 is 7.65. The Morgan fingerprint density at radius 1 is 1.23 bits per heavy atom. The summed E-state index contributed by atoms with van der Waals surface area (Å²) in [6.07, 6.45) is 1.17. The van der Waals surface area contributed by atoms with Gasteiger partial charge in [0, 0.05) is 6.54 Å². The van der Waals surface area contributed by atoms with Crippen molar-refractivity contribution in [3.8, 4) is 0 Å². The van der Waals surface area contributed by atoms with Gasteiger partial charge in [0.05, 0.1) is 20.6 Å². The lowest BCUT2D eigenvalue weighted by molar-refractivity contribution is 0.0995. The predicted molar refractivity (Wildman–Crippen MR) is 103 cm³/mol. The average molecular weight is 385 g/mol. The number of fused-ring (bicyclic) bond motifs is 2. The number of carbonyl (C=O) groups is 1. The zero-order valence-electron chi connectivity index (χ0n) is 13.7. The maximum Gasteiger partial charge on any atom is 0.286 e. The van der Waals surface area contributed by atoms with Crippen molar-refractivity contribution in [1.82, 2.24) is 4.57 Å². The molecule has 4 aromatic rings. The van der Waals surface area contributed by atoms with E-state index in [0.717, 1.165) is 10.2 Å². The number of halogens is 1. The van der Waals surface area contributed by atoms with Gasteiger partial charge in [0.2, 0.25) is 5.43 Å². The van der Waals surface area contributed by atoms with Crippen molar-refractivity contribution in [3.63, 3.8) is 0 Å². The summed E-state index contributed by atoms with van der Waals surface area (Å²) in [6, 6.07) is 12.4. The van der Waals surface area contributed by atoms with E-state index < -0.39 is 5.91 Å². The van der Waals surface area contributed by atoms with E-state index >= 15 is 0 Å². The highest BCUT2D eigenvalue weighted by atomic mass is 35.5. The number of rotatable bonds is 2. The molecular weight excluding hydrogens is 372 g/mol. The zero-order valence-corrected chi connectivity index (χ0v) is 15.3. The fraction of sp³-hybridized carbons (Fsp3) is 0.105. The van der Waals surface area contributed by atoms with Gasteiger partial charge in [-0.05, 0) is 31.2 Å². The van der Waals surface area contributed by atoms with Crippen LogP contribution in [-0.2, 0) is 6.54 Å². The molecule has 130 valence electrons. The third kappa shape index (κ3) is 2.67. The van der Waals surface area contributed by atoms with Gasteiger partial charge < -0.3 is 8.98 Å². The van der Waals surface area contributed by atoms with Gasteiger partial charge >= 0.3 is 0 Å². The summed E-state index contributed by atoms with van der Waals surface area (Å²) < 4.78 is 8.20. The fourth-order valence-electron chi connectivity index (χ4n) is 2.84. The molecule has 7 heteroatoms. The van der Waals surface area contributed by atoms with Gasteiger partial charge in [-0.1, -0.05) is 41.1 Å². The second-order valence-corrected chi connectivity index (χ2v) is 7.02. The van der Waals surface area contributed by atoms with Gasteiger partial charge in [-0.3, -0.25) is 9.59 Å². The standard InChI is InChI=1S/C19H13ClN2O3S/c1-2-22-16-13(20)7-5-9-15(16)26-19(22)21-18(24)12-10-25-14-8-4-3-6-11(14)17(12)23/h3-10H,2H2,1H3. The maximum absolute atomic E-state index is 12.6. The molecule has 0 spiro atoms. The molecule has 0 aliphatic rings. The lowest BCUT2D eigenvalue weighted by Crippen LogP contribution is -2.19. The van der Waals surface area contributed by atoms with Crippen LogP contribution in [0.1, 0.15) is 17.3 Å². The van der Waals surface area contributed by atoms with E-state index in [1.54, 1.807) is 30.3 Å². The number of para-hydroxylation sites is 2. The molecule has 2 heterocycles. The Labute approximate surface area is 156 Å². The zero-order chi connectivity index (χ0) is 18.3. The van der Waals surface area contributed by atoms with E-state index in [1.165, 1.54) is 17.6 Å². The quantitative estimate of drug-likeness (QED) is 0.519.